The van der Waals surface area contributed by atoms with Crippen LogP contribution >= 0.6 is 57.5 Å². The van der Waals surface area contributed by atoms with Gasteiger partial charge in [-0.15, -0.1) is 34.0 Å². The lowest BCUT2D eigenvalue weighted by Crippen LogP contribution is -1.81. The summed E-state index contributed by atoms with van der Waals surface area (Å²) in [4.78, 5) is 7.96. The number of nitrogens with zero attached hydrogens (tertiary/aromatic N) is 4. The first-order valence-electron chi connectivity index (χ1n) is 12.4. The highest BCUT2D eigenvalue weighted by Gasteiger charge is 2.15. The molecule has 0 aliphatic heterocycles. The van der Waals surface area contributed by atoms with E-state index < -0.39 is 0 Å². The summed E-state index contributed by atoms with van der Waals surface area (Å²) in [5.74, 6) is 0. The number of aryl methyl sites for hydroxylation is 6. The topological polar surface area (TPSA) is 51.6 Å². The van der Waals surface area contributed by atoms with Crippen molar-refractivity contribution in [2.45, 2.75) is 41.5 Å². The van der Waals surface area contributed by atoms with Crippen LogP contribution in [0, 0.1) is 41.5 Å². The number of thiophene rings is 3. The summed E-state index contributed by atoms with van der Waals surface area (Å²) < 4.78 is 17.5. The second-order valence-electron chi connectivity index (χ2n) is 9.26. The van der Waals surface area contributed by atoms with E-state index in [1.807, 2.05) is 11.3 Å². The van der Waals surface area contributed by atoms with Crippen molar-refractivity contribution in [3.05, 3.63) is 91.3 Å². The summed E-state index contributed by atoms with van der Waals surface area (Å²) in [5, 5.41) is 0. The monoisotopic (exact) mass is 604 g/mol. The first-order chi connectivity index (χ1) is 18.8. The number of aromatic nitrogens is 4. The SMILES string of the molecule is Cc1ccc(-c2ccc(-c3ccc(C)s3)c3nsnc23)s1.Cc1ccc(C)c2nsnc12.Cc1ccc(C)s1. The average molecular weight is 605 g/mol. The molecule has 0 aliphatic rings. The first kappa shape index (κ1) is 27.7. The summed E-state index contributed by atoms with van der Waals surface area (Å²) in [7, 11) is 0. The van der Waals surface area contributed by atoms with Crippen LogP contribution in [-0.2, 0) is 0 Å². The molecule has 0 atom stereocenters. The van der Waals surface area contributed by atoms with Crippen molar-refractivity contribution in [2.75, 3.05) is 0 Å². The minimum Gasteiger partial charge on any atom is -0.173 e. The predicted molar refractivity (Wildman–Crippen MR) is 174 cm³/mol. The molecule has 5 aromatic heterocycles. The molecule has 39 heavy (non-hydrogen) atoms. The van der Waals surface area contributed by atoms with E-state index in [4.69, 9.17) is 0 Å². The number of fused-ring (bicyclic) bond motifs is 2. The molecule has 0 saturated carbocycles. The van der Waals surface area contributed by atoms with Crippen molar-refractivity contribution in [3.8, 4) is 20.9 Å². The van der Waals surface area contributed by atoms with Crippen LogP contribution in [0.3, 0.4) is 0 Å². The third kappa shape index (κ3) is 6.34. The van der Waals surface area contributed by atoms with Crippen molar-refractivity contribution in [3.63, 3.8) is 0 Å². The maximum Gasteiger partial charge on any atom is 0.114 e. The standard InChI is InChI=1S/C16H12N2S3.C8H8N2S.C6H8S/c1-9-3-7-13(19-9)11-5-6-12(14-8-4-10(2)20-14)16-15(11)17-21-18-16;1-5-3-4-6(2)8-7(5)9-11-10-8;1-5-3-4-6(2)7-5/h3-8H,1-2H3;3-4H,1-2H3;3-4H,1-2H3. The Bertz CT molecular complexity index is 1720. The zero-order valence-corrected chi connectivity index (χ0v) is 26.7. The molecule has 2 aromatic carbocycles. The van der Waals surface area contributed by atoms with Crippen LogP contribution in [0.5, 0.6) is 0 Å². The highest BCUT2D eigenvalue weighted by atomic mass is 32.1. The molecular weight excluding hydrogens is 577 g/mol. The van der Waals surface area contributed by atoms with Crippen LogP contribution in [0.1, 0.15) is 30.6 Å². The summed E-state index contributed by atoms with van der Waals surface area (Å²) in [6.07, 6.45) is 0. The molecule has 0 fully saturated rings. The number of benzene rings is 2. The largest absolute Gasteiger partial charge is 0.173 e. The van der Waals surface area contributed by atoms with Gasteiger partial charge in [0.2, 0.25) is 0 Å². The number of hydrogen-bond donors (Lipinski definition) is 0. The molecule has 0 aliphatic carbocycles. The molecule has 0 spiro atoms. The molecule has 7 aromatic rings. The second kappa shape index (κ2) is 12.1. The Morgan fingerprint density at radius 3 is 1.08 bits per heavy atom. The van der Waals surface area contributed by atoms with Crippen LogP contribution in [0.25, 0.3) is 42.9 Å². The van der Waals surface area contributed by atoms with Gasteiger partial charge in [-0.1, -0.05) is 24.3 Å². The fraction of sp³-hybridized carbons (Fsp3) is 0.200. The van der Waals surface area contributed by atoms with Crippen molar-refractivity contribution >= 4 is 79.5 Å². The molecule has 0 N–H and O–H groups in total. The molecule has 0 saturated heterocycles. The van der Waals surface area contributed by atoms with Gasteiger partial charge in [-0.2, -0.15) is 17.5 Å². The maximum atomic E-state index is 4.54. The summed E-state index contributed by atoms with van der Waals surface area (Å²) in [6, 6.07) is 21.5. The zero-order valence-electron chi connectivity index (χ0n) is 22.6. The lowest BCUT2D eigenvalue weighted by atomic mass is 10.1. The normalized spacial score (nSPS) is 10.8. The van der Waals surface area contributed by atoms with Gasteiger partial charge < -0.3 is 0 Å². The predicted octanol–water partition coefficient (Wildman–Crippen LogP) is 10.4. The van der Waals surface area contributed by atoms with Gasteiger partial charge in [0.25, 0.3) is 0 Å². The maximum absolute atomic E-state index is 4.54. The quantitative estimate of drug-likeness (QED) is 0.197. The van der Waals surface area contributed by atoms with Gasteiger partial charge in [0.15, 0.2) is 0 Å². The van der Waals surface area contributed by atoms with Gasteiger partial charge in [-0.3, -0.25) is 0 Å². The van der Waals surface area contributed by atoms with Gasteiger partial charge >= 0.3 is 0 Å². The van der Waals surface area contributed by atoms with Crippen molar-refractivity contribution in [1.29, 1.82) is 0 Å². The van der Waals surface area contributed by atoms with Gasteiger partial charge in [-0.25, -0.2) is 0 Å². The van der Waals surface area contributed by atoms with E-state index in [0.29, 0.717) is 0 Å². The highest BCUT2D eigenvalue weighted by Crippen LogP contribution is 2.39. The Hall–Kier alpha value is -2.82. The smallest absolute Gasteiger partial charge is 0.114 e. The number of rotatable bonds is 2. The lowest BCUT2D eigenvalue weighted by Gasteiger charge is -2.03. The third-order valence-electron chi connectivity index (χ3n) is 6.12. The minimum absolute atomic E-state index is 1.02. The average Bonchev–Trinajstić information content (AvgIpc) is 3.73. The van der Waals surface area contributed by atoms with Crippen molar-refractivity contribution in [2.24, 2.45) is 0 Å². The van der Waals surface area contributed by atoms with Crippen LogP contribution in [0.4, 0.5) is 0 Å². The van der Waals surface area contributed by atoms with E-state index in [2.05, 4.69) is 120 Å². The second-order valence-corrected chi connectivity index (χ2v) is 14.4. The Labute approximate surface area is 249 Å². The zero-order chi connectivity index (χ0) is 27.5. The molecule has 0 bridgehead atoms. The molecule has 198 valence electrons. The van der Waals surface area contributed by atoms with Crippen molar-refractivity contribution in [1.82, 2.24) is 17.5 Å². The molecular formula is C30H28N4S5. The molecule has 0 unspecified atom stereocenters. The highest BCUT2D eigenvalue weighted by molar-refractivity contribution is 7.16. The fourth-order valence-electron chi connectivity index (χ4n) is 4.09. The molecule has 9 heteroatoms. The first-order valence-corrected chi connectivity index (χ1v) is 16.3. The van der Waals surface area contributed by atoms with E-state index in [-0.39, 0.29) is 0 Å². The fourth-order valence-corrected chi connectivity index (χ4v) is 7.90. The van der Waals surface area contributed by atoms with Crippen LogP contribution in [0.2, 0.25) is 0 Å². The van der Waals surface area contributed by atoms with E-state index >= 15 is 0 Å². The van der Waals surface area contributed by atoms with Gasteiger partial charge in [0.1, 0.15) is 22.1 Å². The number of hydrogen-bond acceptors (Lipinski definition) is 9. The Balaban J connectivity index is 0.000000142. The van der Waals surface area contributed by atoms with Gasteiger partial charge in [-0.05, 0) is 89.1 Å². The molecule has 7 rings (SSSR count). The molecule has 5 heterocycles. The van der Waals surface area contributed by atoms with Crippen LogP contribution < -0.4 is 0 Å². The summed E-state index contributed by atoms with van der Waals surface area (Å²) in [6.45, 7) is 12.6. The van der Waals surface area contributed by atoms with Crippen LogP contribution in [0.15, 0.2) is 60.7 Å². The van der Waals surface area contributed by atoms with E-state index in [0.717, 1.165) is 22.1 Å². The van der Waals surface area contributed by atoms with E-state index in [1.165, 1.54) is 75.0 Å². The van der Waals surface area contributed by atoms with E-state index in [9.17, 15) is 0 Å². The Morgan fingerprint density at radius 1 is 0.385 bits per heavy atom. The molecule has 4 nitrogen and oxygen atoms in total. The molecule has 0 amide bonds. The minimum atomic E-state index is 1.02. The summed E-state index contributed by atoms with van der Waals surface area (Å²) >= 11 is 8.03. The van der Waals surface area contributed by atoms with Gasteiger partial charge in [0, 0.05) is 40.4 Å². The lowest BCUT2D eigenvalue weighted by molar-refractivity contribution is 1.42. The van der Waals surface area contributed by atoms with Gasteiger partial charge in [0.05, 0.1) is 23.5 Å². The van der Waals surface area contributed by atoms with E-state index in [1.54, 1.807) is 22.7 Å². The van der Waals surface area contributed by atoms with Crippen molar-refractivity contribution < 1.29 is 0 Å². The summed E-state index contributed by atoms with van der Waals surface area (Å²) in [5.41, 5.74) is 8.93. The Morgan fingerprint density at radius 2 is 0.744 bits per heavy atom. The third-order valence-corrected chi connectivity index (χ3v) is 10.2. The molecule has 0 radical (unpaired) electrons. The van der Waals surface area contributed by atoms with Crippen LogP contribution in [-0.4, -0.2) is 17.5 Å². The Kier molecular flexibility index (Phi) is 8.64.